The van der Waals surface area contributed by atoms with Crippen molar-refractivity contribution in [3.63, 3.8) is 0 Å². The Morgan fingerprint density at radius 3 is 2.09 bits per heavy atom. The molecule has 0 atom stereocenters. The van der Waals surface area contributed by atoms with Gasteiger partial charge in [0.15, 0.2) is 6.29 Å². The monoisotopic (exact) mass is 314 g/mol. The summed E-state index contributed by atoms with van der Waals surface area (Å²) in [5.74, 6) is -0.314. The van der Waals surface area contributed by atoms with E-state index >= 15 is 0 Å². The molecule has 2 rings (SSSR count). The number of rotatable bonds is 6. The quantitative estimate of drug-likeness (QED) is 0.592. The van der Waals surface area contributed by atoms with Crippen LogP contribution in [0.25, 0.3) is 11.1 Å². The van der Waals surface area contributed by atoms with E-state index in [4.69, 9.17) is 14.2 Å². The summed E-state index contributed by atoms with van der Waals surface area (Å²) >= 11 is 0. The molecular formula is C19H22O4. The molecule has 0 spiro atoms. The van der Waals surface area contributed by atoms with Crippen LogP contribution in [0.2, 0.25) is 0 Å². The van der Waals surface area contributed by atoms with Crippen LogP contribution in [0.4, 0.5) is 0 Å². The Hall–Kier alpha value is -2.17. The van der Waals surface area contributed by atoms with E-state index in [-0.39, 0.29) is 12.1 Å². The zero-order valence-corrected chi connectivity index (χ0v) is 13.9. The molecule has 0 amide bonds. The van der Waals surface area contributed by atoms with Gasteiger partial charge in [-0.15, -0.1) is 0 Å². The van der Waals surface area contributed by atoms with Gasteiger partial charge in [0.1, 0.15) is 0 Å². The number of methoxy groups -OCH3 is 2. The summed E-state index contributed by atoms with van der Waals surface area (Å²) in [5.41, 5.74) is 3.26. The lowest BCUT2D eigenvalue weighted by Crippen LogP contribution is -2.12. The van der Waals surface area contributed by atoms with Crippen molar-refractivity contribution in [2.45, 2.75) is 26.2 Å². The van der Waals surface area contributed by atoms with Crippen LogP contribution in [0.15, 0.2) is 48.5 Å². The first kappa shape index (κ1) is 17.2. The first-order chi connectivity index (χ1) is 11.1. The highest BCUT2D eigenvalue weighted by Gasteiger charge is 2.15. The first-order valence-electron chi connectivity index (χ1n) is 7.52. The van der Waals surface area contributed by atoms with Crippen LogP contribution in [0.3, 0.4) is 0 Å². The molecule has 0 aliphatic rings. The van der Waals surface area contributed by atoms with Crippen LogP contribution in [-0.2, 0) is 14.2 Å². The smallest absolute Gasteiger partial charge is 0.339 e. The minimum absolute atomic E-state index is 0.151. The van der Waals surface area contributed by atoms with Gasteiger partial charge in [-0.25, -0.2) is 4.79 Å². The average Bonchev–Trinajstić information content (AvgIpc) is 2.56. The van der Waals surface area contributed by atoms with Crippen molar-refractivity contribution in [1.82, 2.24) is 0 Å². The SMILES string of the molecule is COC(OC)c1ccc(-c2ccccc2C(=O)OC(C)C)cc1. The number of esters is 1. The van der Waals surface area contributed by atoms with Gasteiger partial charge in [-0.05, 0) is 31.0 Å². The molecule has 4 heteroatoms. The molecule has 0 radical (unpaired) electrons. The van der Waals surface area contributed by atoms with Crippen molar-refractivity contribution >= 4 is 5.97 Å². The van der Waals surface area contributed by atoms with E-state index in [1.54, 1.807) is 20.3 Å². The molecule has 2 aromatic carbocycles. The van der Waals surface area contributed by atoms with Gasteiger partial charge in [0.2, 0.25) is 0 Å². The molecule has 0 N–H and O–H groups in total. The van der Waals surface area contributed by atoms with Crippen molar-refractivity contribution in [3.8, 4) is 11.1 Å². The first-order valence-corrected chi connectivity index (χ1v) is 7.52. The molecule has 0 aliphatic carbocycles. The number of carbonyl (C=O) groups is 1. The van der Waals surface area contributed by atoms with Crippen molar-refractivity contribution < 1.29 is 19.0 Å². The molecule has 122 valence electrons. The molecule has 4 nitrogen and oxygen atoms in total. The molecule has 23 heavy (non-hydrogen) atoms. The van der Waals surface area contributed by atoms with Gasteiger partial charge in [0, 0.05) is 19.8 Å². The van der Waals surface area contributed by atoms with E-state index < -0.39 is 6.29 Å². The van der Waals surface area contributed by atoms with Crippen LogP contribution in [-0.4, -0.2) is 26.3 Å². The number of ether oxygens (including phenoxy) is 3. The van der Waals surface area contributed by atoms with Gasteiger partial charge < -0.3 is 14.2 Å². The van der Waals surface area contributed by atoms with E-state index in [0.717, 1.165) is 16.7 Å². The van der Waals surface area contributed by atoms with Gasteiger partial charge in [-0.2, -0.15) is 0 Å². The highest BCUT2D eigenvalue weighted by atomic mass is 16.7. The topological polar surface area (TPSA) is 44.8 Å². The molecule has 0 aromatic heterocycles. The van der Waals surface area contributed by atoms with Crippen LogP contribution >= 0.6 is 0 Å². The second-order valence-electron chi connectivity index (χ2n) is 5.42. The van der Waals surface area contributed by atoms with Gasteiger partial charge >= 0.3 is 5.97 Å². The second-order valence-corrected chi connectivity index (χ2v) is 5.42. The lowest BCUT2D eigenvalue weighted by Gasteiger charge is -2.15. The predicted molar refractivity (Wildman–Crippen MR) is 89.2 cm³/mol. The Bertz CT molecular complexity index is 643. The highest BCUT2D eigenvalue weighted by molar-refractivity contribution is 5.97. The lowest BCUT2D eigenvalue weighted by molar-refractivity contribution is -0.106. The maximum Gasteiger partial charge on any atom is 0.339 e. The number of benzene rings is 2. The lowest BCUT2D eigenvalue weighted by atomic mass is 9.98. The van der Waals surface area contributed by atoms with E-state index in [2.05, 4.69) is 0 Å². The van der Waals surface area contributed by atoms with E-state index in [0.29, 0.717) is 5.56 Å². The maximum atomic E-state index is 12.3. The number of hydrogen-bond acceptors (Lipinski definition) is 4. The van der Waals surface area contributed by atoms with Crippen LogP contribution in [0.5, 0.6) is 0 Å². The highest BCUT2D eigenvalue weighted by Crippen LogP contribution is 2.27. The Kier molecular flexibility index (Phi) is 5.90. The van der Waals surface area contributed by atoms with E-state index in [9.17, 15) is 4.79 Å². The molecule has 0 saturated carbocycles. The minimum Gasteiger partial charge on any atom is -0.459 e. The maximum absolute atomic E-state index is 12.3. The molecular weight excluding hydrogens is 292 g/mol. The molecule has 0 saturated heterocycles. The summed E-state index contributed by atoms with van der Waals surface area (Å²) < 4.78 is 15.8. The van der Waals surface area contributed by atoms with Gasteiger partial charge in [-0.3, -0.25) is 0 Å². The summed E-state index contributed by atoms with van der Waals surface area (Å²) in [5, 5.41) is 0. The standard InChI is InChI=1S/C19H22O4/c1-13(2)23-18(20)17-8-6-5-7-16(17)14-9-11-15(12-10-14)19(21-3)22-4/h5-13,19H,1-4H3. The molecule has 0 bridgehead atoms. The van der Waals surface area contributed by atoms with Crippen molar-refractivity contribution in [3.05, 3.63) is 59.7 Å². The Morgan fingerprint density at radius 1 is 0.913 bits per heavy atom. The zero-order chi connectivity index (χ0) is 16.8. The summed E-state index contributed by atoms with van der Waals surface area (Å²) in [7, 11) is 3.19. The summed E-state index contributed by atoms with van der Waals surface area (Å²) in [6, 6.07) is 15.2. The Balaban J connectivity index is 2.33. The molecule has 0 heterocycles. The van der Waals surface area contributed by atoms with Crippen molar-refractivity contribution in [2.24, 2.45) is 0 Å². The van der Waals surface area contributed by atoms with E-state index in [1.165, 1.54) is 0 Å². The zero-order valence-electron chi connectivity index (χ0n) is 13.9. The van der Waals surface area contributed by atoms with Crippen molar-refractivity contribution in [1.29, 1.82) is 0 Å². The largest absolute Gasteiger partial charge is 0.459 e. The van der Waals surface area contributed by atoms with Crippen molar-refractivity contribution in [2.75, 3.05) is 14.2 Å². The van der Waals surface area contributed by atoms with Crippen LogP contribution in [0.1, 0.15) is 36.1 Å². The van der Waals surface area contributed by atoms with Gasteiger partial charge in [0.25, 0.3) is 0 Å². The van der Waals surface area contributed by atoms with Crippen LogP contribution in [0, 0.1) is 0 Å². The fraction of sp³-hybridized carbons (Fsp3) is 0.316. The summed E-state index contributed by atoms with van der Waals surface area (Å²) in [6.45, 7) is 3.68. The Labute approximate surface area is 137 Å². The summed E-state index contributed by atoms with van der Waals surface area (Å²) in [4.78, 5) is 12.3. The van der Waals surface area contributed by atoms with Gasteiger partial charge in [0.05, 0.1) is 11.7 Å². The van der Waals surface area contributed by atoms with E-state index in [1.807, 2.05) is 56.3 Å². The third kappa shape index (κ3) is 4.18. The molecule has 0 unspecified atom stereocenters. The fourth-order valence-electron chi connectivity index (χ4n) is 2.38. The number of hydrogen-bond donors (Lipinski definition) is 0. The second kappa shape index (κ2) is 7.90. The summed E-state index contributed by atoms with van der Waals surface area (Å²) in [6.07, 6.45) is -0.549. The number of carbonyl (C=O) groups excluding carboxylic acids is 1. The minimum atomic E-state index is -0.398. The molecule has 0 fully saturated rings. The molecule has 2 aromatic rings. The normalized spacial score (nSPS) is 11.0. The Morgan fingerprint density at radius 2 is 1.52 bits per heavy atom. The predicted octanol–water partition coefficient (Wildman–Crippen LogP) is 4.21. The fourth-order valence-corrected chi connectivity index (χ4v) is 2.38. The van der Waals surface area contributed by atoms with Crippen LogP contribution < -0.4 is 0 Å². The molecule has 0 aliphatic heterocycles. The average molecular weight is 314 g/mol. The third-order valence-electron chi connectivity index (χ3n) is 3.41. The van der Waals surface area contributed by atoms with Gasteiger partial charge in [-0.1, -0.05) is 42.5 Å². The third-order valence-corrected chi connectivity index (χ3v) is 3.41.